The molecule has 0 aliphatic carbocycles. The molecule has 9 nitrogen and oxygen atoms in total. The number of oxazole rings is 3. The second-order valence-corrected chi connectivity index (χ2v) is 10.4. The third kappa shape index (κ3) is 7.54. The fraction of sp³-hybridized carbons (Fsp3) is 0. The molecule has 6 aromatic carbocycles. The molecule has 3 aromatic heterocycles. The summed E-state index contributed by atoms with van der Waals surface area (Å²) < 4.78 is 16.6. The molecule has 0 bridgehead atoms. The van der Waals surface area contributed by atoms with Crippen molar-refractivity contribution in [2.75, 3.05) is 0 Å². The monoisotopic (exact) mass is 804 g/mol. The first kappa shape index (κ1) is 33.5. The molecule has 0 N–H and O–H groups in total. The summed E-state index contributed by atoms with van der Waals surface area (Å²) in [7, 11) is 0. The Labute approximate surface area is 318 Å². The molecule has 9 aromatic rings. The van der Waals surface area contributed by atoms with Gasteiger partial charge < -0.3 is 28.6 Å². The van der Waals surface area contributed by atoms with Gasteiger partial charge in [0.15, 0.2) is 16.7 Å². The normalized spacial score (nSPS) is 10.5. The Morgan fingerprint density at radius 3 is 0.837 bits per heavy atom. The molecule has 0 spiro atoms. The molecule has 0 saturated heterocycles. The average molecular weight is 804 g/mol. The maximum atomic E-state index is 11.6. The van der Waals surface area contributed by atoms with Crippen molar-refractivity contribution in [1.29, 1.82) is 0 Å². The third-order valence-corrected chi connectivity index (χ3v) is 7.23. The van der Waals surface area contributed by atoms with Crippen molar-refractivity contribution in [2.24, 2.45) is 0 Å². The van der Waals surface area contributed by atoms with Gasteiger partial charge in [0.25, 0.3) is 0 Å². The van der Waals surface area contributed by atoms with Crippen LogP contribution in [0.4, 0.5) is 0 Å². The van der Waals surface area contributed by atoms with E-state index in [9.17, 15) is 15.3 Å². The fourth-order valence-corrected chi connectivity index (χ4v) is 4.89. The van der Waals surface area contributed by atoms with Crippen molar-refractivity contribution in [3.05, 3.63) is 146 Å². The molecule has 0 unspecified atom stereocenters. The Morgan fingerprint density at radius 1 is 0.327 bits per heavy atom. The number of hydrogen-bond acceptors (Lipinski definition) is 9. The summed E-state index contributed by atoms with van der Waals surface area (Å²) in [5, 5.41) is 34.8. The number of benzene rings is 6. The Morgan fingerprint density at radius 2 is 0.571 bits per heavy atom. The van der Waals surface area contributed by atoms with Gasteiger partial charge in [0, 0.05) is 16.7 Å². The quantitative estimate of drug-likeness (QED) is 0.175. The van der Waals surface area contributed by atoms with E-state index in [1.165, 1.54) is 18.2 Å². The van der Waals surface area contributed by atoms with Crippen LogP contribution in [-0.4, -0.2) is 15.0 Å². The van der Waals surface area contributed by atoms with E-state index in [1.54, 1.807) is 54.6 Å². The van der Waals surface area contributed by atoms with Gasteiger partial charge in [0.05, 0.1) is 0 Å². The largest absolute Gasteiger partial charge is 3.00 e. The molecule has 0 atom stereocenters. The van der Waals surface area contributed by atoms with E-state index in [-0.39, 0.29) is 64.2 Å². The predicted octanol–water partition coefficient (Wildman–Crippen LogP) is 7.71. The van der Waals surface area contributed by atoms with Crippen LogP contribution in [0.3, 0.4) is 0 Å². The zero-order chi connectivity index (χ0) is 32.9. The summed E-state index contributed by atoms with van der Waals surface area (Å²) in [5.41, 5.74) is 5.88. The van der Waals surface area contributed by atoms with Crippen LogP contribution in [0, 0.1) is 46.9 Å². The zero-order valence-corrected chi connectivity index (χ0v) is 27.1. The molecular weight excluding hydrogens is 779 g/mol. The first-order chi connectivity index (χ1) is 23.5. The molecule has 0 aliphatic heterocycles. The van der Waals surface area contributed by atoms with Gasteiger partial charge >= 0.3 is 46.9 Å². The standard InChI is InChI=1S/3C13H9NO2.Yb/c3*15-11-7-3-1-5-9(11)13-14-10-6-2-4-8-12(10)16-13;/h3*1-8,15H;/q;;;+3/p-3. The first-order valence-electron chi connectivity index (χ1n) is 14.9. The minimum absolute atomic E-state index is 0. The topological polar surface area (TPSA) is 147 Å². The summed E-state index contributed by atoms with van der Waals surface area (Å²) in [5.74, 6) is 0.919. The predicted molar refractivity (Wildman–Crippen MR) is 177 cm³/mol. The van der Waals surface area contributed by atoms with Crippen LogP contribution >= 0.6 is 0 Å². The zero-order valence-electron chi connectivity index (χ0n) is 25.4. The number of para-hydroxylation sites is 9. The number of nitrogens with zero attached hydrogens (tertiary/aromatic N) is 3. The molecule has 49 heavy (non-hydrogen) atoms. The number of fused-ring (bicyclic) bond motifs is 3. The summed E-state index contributed by atoms with van der Waals surface area (Å²) >= 11 is 0. The van der Waals surface area contributed by atoms with E-state index in [2.05, 4.69) is 15.0 Å². The summed E-state index contributed by atoms with van der Waals surface area (Å²) in [6.45, 7) is 0. The van der Waals surface area contributed by atoms with Gasteiger partial charge in [-0.15, -0.1) is 0 Å². The Bertz CT molecular complexity index is 2110. The van der Waals surface area contributed by atoms with Crippen molar-refractivity contribution < 1.29 is 75.5 Å². The summed E-state index contributed by atoms with van der Waals surface area (Å²) in [6, 6.07) is 42.5. The van der Waals surface area contributed by atoms with Crippen LogP contribution in [0.5, 0.6) is 17.2 Å². The minimum atomic E-state index is -0.0749. The maximum absolute atomic E-state index is 11.6. The summed E-state index contributed by atoms with van der Waals surface area (Å²) in [6.07, 6.45) is 0. The molecule has 0 aliphatic rings. The SMILES string of the molecule is [O-]c1ccccc1-c1nc2ccccc2o1.[O-]c1ccccc1-c1nc2ccccc2o1.[O-]c1ccccc1-c1nc2ccccc2o1.[Yb+3]. The van der Waals surface area contributed by atoms with E-state index in [1.807, 2.05) is 72.8 Å². The number of hydrogen-bond donors (Lipinski definition) is 0. The maximum Gasteiger partial charge on any atom is 3.00 e. The van der Waals surface area contributed by atoms with Gasteiger partial charge in [-0.2, -0.15) is 0 Å². The van der Waals surface area contributed by atoms with Crippen LogP contribution in [0.25, 0.3) is 67.7 Å². The second kappa shape index (κ2) is 15.3. The van der Waals surface area contributed by atoms with Crippen molar-refractivity contribution in [3.8, 4) is 51.6 Å². The molecule has 0 saturated carbocycles. The van der Waals surface area contributed by atoms with Crippen molar-refractivity contribution in [1.82, 2.24) is 15.0 Å². The average Bonchev–Trinajstić information content (AvgIpc) is 3.86. The van der Waals surface area contributed by atoms with E-state index in [4.69, 9.17) is 13.3 Å². The fourth-order valence-electron chi connectivity index (χ4n) is 4.89. The molecule has 1 radical (unpaired) electrons. The van der Waals surface area contributed by atoms with E-state index in [0.29, 0.717) is 51.1 Å². The molecule has 0 amide bonds. The Kier molecular flexibility index (Phi) is 10.4. The molecule has 3 heterocycles. The summed E-state index contributed by atoms with van der Waals surface area (Å²) in [4.78, 5) is 12.8. The molecule has 245 valence electrons. The van der Waals surface area contributed by atoms with Crippen LogP contribution in [0.15, 0.2) is 159 Å². The van der Waals surface area contributed by atoms with E-state index < -0.39 is 0 Å². The third-order valence-electron chi connectivity index (χ3n) is 7.23. The van der Waals surface area contributed by atoms with E-state index >= 15 is 0 Å². The molecule has 9 rings (SSSR count). The van der Waals surface area contributed by atoms with Gasteiger partial charge in [0.1, 0.15) is 16.6 Å². The second-order valence-electron chi connectivity index (χ2n) is 10.4. The number of rotatable bonds is 3. The van der Waals surface area contributed by atoms with Crippen molar-refractivity contribution in [3.63, 3.8) is 0 Å². The molecule has 0 fully saturated rings. The first-order valence-corrected chi connectivity index (χ1v) is 14.9. The smallest absolute Gasteiger partial charge is 0.872 e. The molecule has 10 heteroatoms. The Balaban J connectivity index is 0.000000126. The van der Waals surface area contributed by atoms with Gasteiger partial charge in [0.2, 0.25) is 17.7 Å². The Hall–Kier alpha value is -5.35. The van der Waals surface area contributed by atoms with Crippen molar-refractivity contribution >= 4 is 33.3 Å². The van der Waals surface area contributed by atoms with Crippen LogP contribution in [0.1, 0.15) is 0 Å². The van der Waals surface area contributed by atoms with Crippen molar-refractivity contribution in [2.45, 2.75) is 0 Å². The minimum Gasteiger partial charge on any atom is -0.872 e. The van der Waals surface area contributed by atoms with Gasteiger partial charge in [-0.25, -0.2) is 15.0 Å². The van der Waals surface area contributed by atoms with Gasteiger partial charge in [-0.1, -0.05) is 126 Å². The van der Waals surface area contributed by atoms with Crippen LogP contribution < -0.4 is 15.3 Å². The number of aromatic nitrogens is 3. The molecular formula is C39H24N3O6Yb. The van der Waals surface area contributed by atoms with Gasteiger partial charge in [-0.05, 0) is 36.4 Å². The van der Waals surface area contributed by atoms with Crippen LogP contribution in [0.2, 0.25) is 0 Å². The van der Waals surface area contributed by atoms with Crippen LogP contribution in [-0.2, 0) is 0 Å². The van der Waals surface area contributed by atoms with E-state index in [0.717, 1.165) is 16.6 Å². The van der Waals surface area contributed by atoms with Gasteiger partial charge in [-0.3, -0.25) is 0 Å².